The molecular weight excluding hydrogens is 530 g/mol. The third kappa shape index (κ3) is 5.88. The zero-order chi connectivity index (χ0) is 30.2. The highest BCUT2D eigenvalue weighted by Crippen LogP contribution is 2.46. The van der Waals surface area contributed by atoms with Crippen LogP contribution in [0.15, 0.2) is 66.7 Å². The average molecular weight is 568 g/mol. The monoisotopic (exact) mass is 567 g/mol. The van der Waals surface area contributed by atoms with E-state index < -0.39 is 16.8 Å². The van der Waals surface area contributed by atoms with Crippen molar-refractivity contribution in [2.75, 3.05) is 26.3 Å². The van der Waals surface area contributed by atoms with Crippen LogP contribution >= 0.6 is 0 Å². The smallest absolute Gasteiger partial charge is 0.316 e. The second kappa shape index (κ2) is 11.2. The fourth-order valence-electron chi connectivity index (χ4n) is 4.84. The van der Waals surface area contributed by atoms with Gasteiger partial charge in [-0.3, -0.25) is 14.4 Å². The van der Waals surface area contributed by atoms with E-state index in [0.29, 0.717) is 54.5 Å². The molecule has 0 aromatic heterocycles. The summed E-state index contributed by atoms with van der Waals surface area (Å²) < 4.78 is 17.5. The van der Waals surface area contributed by atoms with Crippen LogP contribution in [0.3, 0.4) is 0 Å². The molecular formula is C35H37NO6. The Labute approximate surface area is 246 Å². The summed E-state index contributed by atoms with van der Waals surface area (Å²) in [5.41, 5.74) is 0.329. The summed E-state index contributed by atoms with van der Waals surface area (Å²) >= 11 is 0. The van der Waals surface area contributed by atoms with Crippen LogP contribution in [0.2, 0.25) is 0 Å². The minimum absolute atomic E-state index is 0.0602. The van der Waals surface area contributed by atoms with Gasteiger partial charge in [-0.2, -0.15) is 0 Å². The molecule has 4 aromatic carbocycles. The van der Waals surface area contributed by atoms with E-state index in [-0.39, 0.29) is 11.9 Å². The Morgan fingerprint density at radius 1 is 0.667 bits per heavy atom. The van der Waals surface area contributed by atoms with Gasteiger partial charge >= 0.3 is 11.9 Å². The molecule has 1 aliphatic heterocycles. The number of ether oxygens (including phenoxy) is 3. The van der Waals surface area contributed by atoms with Crippen molar-refractivity contribution in [1.82, 2.24) is 4.90 Å². The lowest BCUT2D eigenvalue weighted by molar-refractivity contribution is -0.143. The molecule has 42 heavy (non-hydrogen) atoms. The van der Waals surface area contributed by atoms with Crippen LogP contribution in [0.5, 0.6) is 11.5 Å². The molecule has 0 atom stereocenters. The molecule has 7 heteroatoms. The van der Waals surface area contributed by atoms with E-state index in [0.717, 1.165) is 21.5 Å². The SMILES string of the molecule is CC(C)(C)C(=O)Oc1ccc2ccccc2c1-c1c(OC(=O)C(C)(C)C)ccc2cc(C(=O)N3CCOCC3)ccc12. The highest BCUT2D eigenvalue weighted by Gasteiger charge is 2.29. The first-order chi connectivity index (χ1) is 19.8. The Morgan fingerprint density at radius 3 is 1.76 bits per heavy atom. The number of rotatable bonds is 4. The molecule has 5 rings (SSSR count). The molecule has 1 amide bonds. The summed E-state index contributed by atoms with van der Waals surface area (Å²) in [6.45, 7) is 12.9. The quantitative estimate of drug-likeness (QED) is 0.194. The standard InChI is InChI=1S/C35H37NO6/c1-34(2,3)32(38)41-27-15-12-22-9-7-8-10-25(22)29(27)30-26-14-11-24(31(37)36-17-19-40-20-18-36)21-23(26)13-16-28(30)42-33(39)35(4,5)6/h7-16,21H,17-20H2,1-6H3. The fraction of sp³-hybridized carbons (Fsp3) is 0.343. The van der Waals surface area contributed by atoms with Crippen molar-refractivity contribution >= 4 is 39.4 Å². The van der Waals surface area contributed by atoms with Crippen LogP contribution in [0.4, 0.5) is 0 Å². The molecule has 1 saturated heterocycles. The van der Waals surface area contributed by atoms with Crippen LogP contribution in [0.1, 0.15) is 51.9 Å². The molecule has 4 aromatic rings. The molecule has 0 saturated carbocycles. The van der Waals surface area contributed by atoms with Crippen LogP contribution in [-0.4, -0.2) is 49.0 Å². The van der Waals surface area contributed by atoms with E-state index in [2.05, 4.69) is 0 Å². The predicted molar refractivity (Wildman–Crippen MR) is 164 cm³/mol. The van der Waals surface area contributed by atoms with Gasteiger partial charge in [0.15, 0.2) is 0 Å². The van der Waals surface area contributed by atoms with E-state index in [1.807, 2.05) is 48.5 Å². The van der Waals surface area contributed by atoms with Gasteiger partial charge in [0, 0.05) is 29.8 Å². The molecule has 218 valence electrons. The van der Waals surface area contributed by atoms with E-state index in [1.165, 1.54) is 0 Å². The van der Waals surface area contributed by atoms with Gasteiger partial charge < -0.3 is 19.1 Å². The van der Waals surface area contributed by atoms with E-state index in [1.54, 1.807) is 64.6 Å². The molecule has 0 N–H and O–H groups in total. The van der Waals surface area contributed by atoms with Crippen LogP contribution < -0.4 is 9.47 Å². The van der Waals surface area contributed by atoms with Gasteiger partial charge in [0.05, 0.1) is 24.0 Å². The lowest BCUT2D eigenvalue weighted by atomic mass is 9.91. The molecule has 0 radical (unpaired) electrons. The Bertz CT molecular complexity index is 1690. The fourth-order valence-corrected chi connectivity index (χ4v) is 4.84. The number of nitrogens with zero attached hydrogens (tertiary/aromatic N) is 1. The highest BCUT2D eigenvalue weighted by atomic mass is 16.5. The Hall–Kier alpha value is -4.23. The van der Waals surface area contributed by atoms with E-state index >= 15 is 0 Å². The molecule has 0 bridgehead atoms. The predicted octanol–water partition coefficient (Wildman–Crippen LogP) is 7.04. The number of hydrogen-bond acceptors (Lipinski definition) is 6. The third-order valence-corrected chi connectivity index (χ3v) is 7.30. The Balaban J connectivity index is 1.76. The summed E-state index contributed by atoms with van der Waals surface area (Å²) in [5, 5.41) is 3.33. The van der Waals surface area contributed by atoms with Crippen molar-refractivity contribution < 1.29 is 28.6 Å². The maximum absolute atomic E-state index is 13.3. The Morgan fingerprint density at radius 2 is 1.19 bits per heavy atom. The molecule has 1 heterocycles. The molecule has 0 spiro atoms. The third-order valence-electron chi connectivity index (χ3n) is 7.30. The summed E-state index contributed by atoms with van der Waals surface area (Å²) in [6, 6.07) is 20.6. The zero-order valence-electron chi connectivity index (χ0n) is 25.1. The maximum atomic E-state index is 13.3. The molecule has 1 fully saturated rings. The van der Waals surface area contributed by atoms with Gasteiger partial charge in [0.25, 0.3) is 5.91 Å². The number of benzene rings is 4. The second-order valence-electron chi connectivity index (χ2n) is 12.7. The van der Waals surface area contributed by atoms with Gasteiger partial charge in [-0.15, -0.1) is 0 Å². The van der Waals surface area contributed by atoms with E-state index in [4.69, 9.17) is 14.2 Å². The normalized spacial score (nSPS) is 14.2. The van der Waals surface area contributed by atoms with Crippen molar-refractivity contribution in [3.8, 4) is 22.6 Å². The number of fused-ring (bicyclic) bond motifs is 2. The van der Waals surface area contributed by atoms with Gasteiger partial charge in [-0.25, -0.2) is 0 Å². The van der Waals surface area contributed by atoms with Crippen LogP contribution in [0.25, 0.3) is 32.7 Å². The van der Waals surface area contributed by atoms with Crippen molar-refractivity contribution in [2.45, 2.75) is 41.5 Å². The second-order valence-corrected chi connectivity index (χ2v) is 12.7. The lowest BCUT2D eigenvalue weighted by Gasteiger charge is -2.27. The number of carbonyl (C=O) groups excluding carboxylic acids is 3. The van der Waals surface area contributed by atoms with Crippen molar-refractivity contribution in [3.05, 3.63) is 72.3 Å². The minimum atomic E-state index is -0.749. The summed E-state index contributed by atoms with van der Waals surface area (Å²) in [5.74, 6) is -0.127. The lowest BCUT2D eigenvalue weighted by Crippen LogP contribution is -2.40. The molecule has 1 aliphatic rings. The number of carbonyl (C=O) groups is 3. The van der Waals surface area contributed by atoms with Gasteiger partial charge in [0.2, 0.25) is 0 Å². The highest BCUT2D eigenvalue weighted by molar-refractivity contribution is 6.12. The van der Waals surface area contributed by atoms with Crippen molar-refractivity contribution in [3.63, 3.8) is 0 Å². The summed E-state index contributed by atoms with van der Waals surface area (Å²) in [6.07, 6.45) is 0. The largest absolute Gasteiger partial charge is 0.425 e. The Kier molecular flexibility index (Phi) is 7.82. The van der Waals surface area contributed by atoms with Crippen molar-refractivity contribution in [2.24, 2.45) is 10.8 Å². The first-order valence-corrected chi connectivity index (χ1v) is 14.2. The van der Waals surface area contributed by atoms with Gasteiger partial charge in [0.1, 0.15) is 11.5 Å². The summed E-state index contributed by atoms with van der Waals surface area (Å²) in [4.78, 5) is 41.4. The maximum Gasteiger partial charge on any atom is 0.316 e. The topological polar surface area (TPSA) is 82.1 Å². The molecule has 0 aliphatic carbocycles. The van der Waals surface area contributed by atoms with Gasteiger partial charge in [-0.1, -0.05) is 42.5 Å². The van der Waals surface area contributed by atoms with Crippen LogP contribution in [-0.2, 0) is 14.3 Å². The molecule has 0 unspecified atom stereocenters. The number of amides is 1. The van der Waals surface area contributed by atoms with E-state index in [9.17, 15) is 14.4 Å². The number of hydrogen-bond donors (Lipinski definition) is 0. The molecule has 7 nitrogen and oxygen atoms in total. The van der Waals surface area contributed by atoms with Crippen LogP contribution in [0, 0.1) is 10.8 Å². The number of esters is 2. The average Bonchev–Trinajstić information content (AvgIpc) is 2.96. The minimum Gasteiger partial charge on any atom is -0.425 e. The van der Waals surface area contributed by atoms with Crippen molar-refractivity contribution in [1.29, 1.82) is 0 Å². The van der Waals surface area contributed by atoms with Gasteiger partial charge in [-0.05, 0) is 87.4 Å². The summed E-state index contributed by atoms with van der Waals surface area (Å²) in [7, 11) is 0. The first-order valence-electron chi connectivity index (χ1n) is 14.2. The zero-order valence-corrected chi connectivity index (χ0v) is 25.1. The first kappa shape index (κ1) is 29.3. The number of morpholine rings is 1.